The van der Waals surface area contributed by atoms with Gasteiger partial charge in [0.15, 0.2) is 11.3 Å². The fourth-order valence-electron chi connectivity index (χ4n) is 4.34. The van der Waals surface area contributed by atoms with Crippen LogP contribution in [0.4, 0.5) is 0 Å². The molecule has 176 valence electrons. The van der Waals surface area contributed by atoms with Gasteiger partial charge in [0.1, 0.15) is 11.1 Å². The fourth-order valence-corrected chi connectivity index (χ4v) is 4.34. The first-order chi connectivity index (χ1) is 16.6. The zero-order valence-electron chi connectivity index (χ0n) is 18.9. The van der Waals surface area contributed by atoms with Crippen molar-refractivity contribution < 1.29 is 28.3 Å². The van der Waals surface area contributed by atoms with Gasteiger partial charge >= 0.3 is 11.9 Å². The van der Waals surface area contributed by atoms with Crippen molar-refractivity contribution in [3.8, 4) is 17.4 Å². The number of benzene rings is 1. The van der Waals surface area contributed by atoms with Gasteiger partial charge in [0.05, 0.1) is 12.3 Å². The molecule has 1 aromatic carbocycles. The number of hydrogen-bond acceptors (Lipinski definition) is 9. The highest BCUT2D eigenvalue weighted by Crippen LogP contribution is 2.42. The van der Waals surface area contributed by atoms with Crippen LogP contribution in [-0.4, -0.2) is 46.7 Å². The number of piperidine rings is 1. The van der Waals surface area contributed by atoms with E-state index in [1.54, 1.807) is 13.0 Å². The molecule has 2 aromatic heterocycles. The Kier molecular flexibility index (Phi) is 6.27. The van der Waals surface area contributed by atoms with E-state index in [1.165, 1.54) is 0 Å². The third-order valence-corrected chi connectivity index (χ3v) is 6.24. The van der Waals surface area contributed by atoms with Crippen LogP contribution in [0.15, 0.2) is 47.1 Å². The average Bonchev–Trinajstić information content (AvgIpc) is 3.25. The lowest BCUT2D eigenvalue weighted by atomic mass is 9.94. The molecular weight excluding hydrogens is 438 g/mol. The third-order valence-electron chi connectivity index (χ3n) is 6.24. The van der Waals surface area contributed by atoms with Crippen molar-refractivity contribution in [3.63, 3.8) is 0 Å². The van der Waals surface area contributed by atoms with Crippen LogP contribution in [0.2, 0.25) is 0 Å². The summed E-state index contributed by atoms with van der Waals surface area (Å²) in [5, 5.41) is 4.47. The molecule has 0 spiro atoms. The first-order valence-corrected chi connectivity index (χ1v) is 11.4. The minimum Gasteiger partial charge on any atom is -0.475 e. The molecule has 0 N–H and O–H groups in total. The molecule has 1 saturated heterocycles. The van der Waals surface area contributed by atoms with Gasteiger partial charge in [-0.05, 0) is 62.5 Å². The van der Waals surface area contributed by atoms with E-state index < -0.39 is 11.9 Å². The van der Waals surface area contributed by atoms with Gasteiger partial charge in [-0.15, -0.1) is 0 Å². The Labute approximate surface area is 196 Å². The number of rotatable bonds is 6. The van der Waals surface area contributed by atoms with Crippen LogP contribution in [0.5, 0.6) is 17.4 Å². The van der Waals surface area contributed by atoms with Crippen LogP contribution in [0, 0.1) is 12.8 Å². The van der Waals surface area contributed by atoms with Crippen LogP contribution in [0.1, 0.15) is 30.5 Å². The number of pyridine rings is 1. The Hall–Kier alpha value is -3.72. The molecule has 34 heavy (non-hydrogen) atoms. The molecule has 0 radical (unpaired) electrons. The van der Waals surface area contributed by atoms with Crippen molar-refractivity contribution in [3.05, 3.63) is 53.9 Å². The van der Waals surface area contributed by atoms with E-state index in [0.717, 1.165) is 56.7 Å². The average molecular weight is 463 g/mol. The molecule has 4 heterocycles. The van der Waals surface area contributed by atoms with Gasteiger partial charge in [-0.3, -0.25) is 9.88 Å². The number of nitrogens with zero attached hydrogens (tertiary/aromatic N) is 3. The van der Waals surface area contributed by atoms with Gasteiger partial charge in [-0.1, -0.05) is 6.07 Å². The van der Waals surface area contributed by atoms with E-state index in [1.807, 2.05) is 18.3 Å². The number of carbonyl (C=O) groups excluding carboxylic acids is 2. The lowest BCUT2D eigenvalue weighted by Crippen LogP contribution is -2.33. The van der Waals surface area contributed by atoms with Crippen LogP contribution < -0.4 is 14.2 Å². The lowest BCUT2D eigenvalue weighted by Gasteiger charge is -2.31. The summed E-state index contributed by atoms with van der Waals surface area (Å²) >= 11 is 0. The Balaban J connectivity index is 1.22. The maximum atomic E-state index is 12.1. The molecule has 2 aliphatic heterocycles. The monoisotopic (exact) mass is 463 g/mol. The van der Waals surface area contributed by atoms with Crippen LogP contribution in [-0.2, 0) is 16.1 Å². The van der Waals surface area contributed by atoms with Crippen molar-refractivity contribution in [1.29, 1.82) is 0 Å². The minimum atomic E-state index is -0.690. The Morgan fingerprint density at radius 2 is 1.91 bits per heavy atom. The summed E-state index contributed by atoms with van der Waals surface area (Å²) in [5.74, 6) is -0.0840. The summed E-state index contributed by atoms with van der Waals surface area (Å²) in [6.45, 7) is 5.11. The van der Waals surface area contributed by atoms with Crippen molar-refractivity contribution >= 4 is 22.9 Å². The van der Waals surface area contributed by atoms with Crippen molar-refractivity contribution in [2.45, 2.75) is 32.7 Å². The Bertz CT molecular complexity index is 1230. The Morgan fingerprint density at radius 3 is 2.68 bits per heavy atom. The second-order valence-electron chi connectivity index (χ2n) is 8.54. The van der Waals surface area contributed by atoms with E-state index in [4.69, 9.17) is 18.7 Å². The van der Waals surface area contributed by atoms with Crippen LogP contribution >= 0.6 is 0 Å². The van der Waals surface area contributed by atoms with Gasteiger partial charge in [-0.25, -0.2) is 9.59 Å². The van der Waals surface area contributed by atoms with E-state index in [0.29, 0.717) is 29.1 Å². The first-order valence-electron chi connectivity index (χ1n) is 11.4. The molecule has 0 amide bonds. The fraction of sp³-hybridized carbons (Fsp3) is 0.360. The van der Waals surface area contributed by atoms with Crippen molar-refractivity contribution in [2.75, 3.05) is 19.7 Å². The van der Waals surface area contributed by atoms with Gasteiger partial charge in [-0.2, -0.15) is 0 Å². The van der Waals surface area contributed by atoms with Crippen molar-refractivity contribution in [1.82, 2.24) is 15.0 Å². The largest absolute Gasteiger partial charge is 0.475 e. The number of hydrogen-bond donors (Lipinski definition) is 0. The highest BCUT2D eigenvalue weighted by Gasteiger charge is 2.25. The molecule has 9 nitrogen and oxygen atoms in total. The highest BCUT2D eigenvalue weighted by atomic mass is 16.6. The first kappa shape index (κ1) is 22.1. The molecular formula is C25H25N3O6. The quantitative estimate of drug-likeness (QED) is 0.401. The predicted octanol–water partition coefficient (Wildman–Crippen LogP) is 3.59. The zero-order chi connectivity index (χ0) is 23.5. The Morgan fingerprint density at radius 1 is 1.12 bits per heavy atom. The second kappa shape index (κ2) is 9.64. The summed E-state index contributed by atoms with van der Waals surface area (Å²) in [6.07, 6.45) is 6.96. The number of fused-ring (bicyclic) bond motifs is 4. The normalized spacial score (nSPS) is 18.0. The zero-order valence-corrected chi connectivity index (χ0v) is 18.9. The summed E-state index contributed by atoms with van der Waals surface area (Å²) in [4.78, 5) is 30.8. The van der Waals surface area contributed by atoms with Crippen molar-refractivity contribution in [2.24, 2.45) is 5.92 Å². The molecule has 2 bridgehead atoms. The predicted molar refractivity (Wildman–Crippen MR) is 122 cm³/mol. The molecule has 0 unspecified atom stereocenters. The van der Waals surface area contributed by atoms with E-state index in [2.05, 4.69) is 21.1 Å². The van der Waals surface area contributed by atoms with Gasteiger partial charge in [0, 0.05) is 36.5 Å². The highest BCUT2D eigenvalue weighted by molar-refractivity contribution is 5.99. The van der Waals surface area contributed by atoms with Crippen LogP contribution in [0.3, 0.4) is 0 Å². The van der Waals surface area contributed by atoms with E-state index in [-0.39, 0.29) is 17.4 Å². The summed E-state index contributed by atoms with van der Waals surface area (Å²) in [5.41, 5.74) is 1.90. The number of esters is 2. The molecule has 5 rings (SSSR count). The number of aromatic nitrogens is 2. The van der Waals surface area contributed by atoms with Gasteiger partial charge < -0.3 is 18.7 Å². The molecule has 0 atom stereocenters. The number of ether oxygens (including phenoxy) is 3. The topological polar surface area (TPSA) is 104 Å². The molecule has 9 heteroatoms. The second-order valence-corrected chi connectivity index (χ2v) is 8.54. The minimum absolute atomic E-state index is 0.218. The number of carbonyl (C=O) groups is 2. The van der Waals surface area contributed by atoms with Gasteiger partial charge in [0.25, 0.3) is 5.88 Å². The maximum Gasteiger partial charge on any atom is 0.336 e. The van der Waals surface area contributed by atoms with E-state index >= 15 is 0 Å². The lowest BCUT2D eigenvalue weighted by molar-refractivity contribution is -0.131. The smallest absolute Gasteiger partial charge is 0.336 e. The molecule has 3 aromatic rings. The van der Waals surface area contributed by atoms with Crippen LogP contribution in [0.25, 0.3) is 11.0 Å². The van der Waals surface area contributed by atoms with Gasteiger partial charge in [0.2, 0.25) is 0 Å². The van der Waals surface area contributed by atoms with E-state index in [9.17, 15) is 9.59 Å². The molecule has 0 aliphatic carbocycles. The SMILES string of the molecule is Cc1c2cc3onc(OCCC4CCN(Cc5ccccn5)CC4)c3c1OC(=O)/C=C/C(=O)O2. The number of likely N-dealkylation sites (tertiary alicyclic amines) is 1. The maximum absolute atomic E-state index is 12.1. The molecule has 1 fully saturated rings. The molecule has 0 saturated carbocycles. The summed E-state index contributed by atoms with van der Waals surface area (Å²) in [6, 6.07) is 7.56. The summed E-state index contributed by atoms with van der Waals surface area (Å²) in [7, 11) is 0. The standard InChI is InChI=1S/C25H25N3O6/c1-16-19-14-20-23(24(16)33-22(30)6-5-21(29)32-19)25(27-34-20)31-13-9-17-7-11-28(12-8-17)15-18-4-2-3-10-26-18/h2-6,10,14,17H,7-9,11-13,15H2,1H3/b6-5+. The third kappa shape index (κ3) is 4.79. The summed E-state index contributed by atoms with van der Waals surface area (Å²) < 4.78 is 22.1. The molecule has 2 aliphatic rings.